The van der Waals surface area contributed by atoms with E-state index in [1.54, 1.807) is 12.4 Å². The van der Waals surface area contributed by atoms with Gasteiger partial charge in [-0.2, -0.15) is 5.10 Å². The van der Waals surface area contributed by atoms with Crippen LogP contribution in [0.3, 0.4) is 0 Å². The first kappa shape index (κ1) is 35.9. The molecule has 0 atom stereocenters. The first-order chi connectivity index (χ1) is 30.1. The van der Waals surface area contributed by atoms with Crippen LogP contribution in [0, 0.1) is 5.41 Å². The van der Waals surface area contributed by atoms with Crippen molar-refractivity contribution < 1.29 is 0 Å². The van der Waals surface area contributed by atoms with Gasteiger partial charge in [0.25, 0.3) is 0 Å². The Balaban J connectivity index is 0.947. The maximum absolute atomic E-state index is 9.41. The van der Waals surface area contributed by atoms with Crippen molar-refractivity contribution in [3.8, 4) is 33.4 Å². The third-order valence-corrected chi connectivity index (χ3v) is 11.8. The molecule has 0 saturated carbocycles. The van der Waals surface area contributed by atoms with E-state index >= 15 is 0 Å². The summed E-state index contributed by atoms with van der Waals surface area (Å²) in [6.07, 6.45) is 7.71. The molecule has 1 aliphatic rings. The standard InChI is InChI=1S/C57H38N4/c58-56-36-53(51-18-17-47-31-45(13-14-48(47)33-51)43-11-9-37-5-1-3-7-41(37)29-43)35-55(57(56)61-60-54-23-21-39(22-24-54)40-25-27-59-28-26-40)52-20-19-49-32-46(15-16-50(49)34-52)44-12-10-38-6-2-4-8-42(38)30-44/h1-36,58,60H/b58-56?,61-57-. The van der Waals surface area contributed by atoms with Crippen molar-refractivity contribution in [3.63, 3.8) is 0 Å². The van der Waals surface area contributed by atoms with Gasteiger partial charge in [0.05, 0.1) is 11.4 Å². The van der Waals surface area contributed by atoms with Crippen LogP contribution in [0.15, 0.2) is 224 Å². The van der Waals surface area contributed by atoms with Crippen LogP contribution in [0.4, 0.5) is 5.69 Å². The van der Waals surface area contributed by atoms with Crippen molar-refractivity contribution in [2.24, 2.45) is 5.10 Å². The van der Waals surface area contributed by atoms with Crippen molar-refractivity contribution >= 4 is 71.3 Å². The number of rotatable bonds is 7. The number of hydrazone groups is 1. The summed E-state index contributed by atoms with van der Waals surface area (Å²) >= 11 is 0. The van der Waals surface area contributed by atoms with Crippen LogP contribution < -0.4 is 5.43 Å². The van der Waals surface area contributed by atoms with Crippen LogP contribution >= 0.6 is 0 Å². The molecule has 2 N–H and O–H groups in total. The van der Waals surface area contributed by atoms with E-state index < -0.39 is 0 Å². The summed E-state index contributed by atoms with van der Waals surface area (Å²) in [5, 5.41) is 23.9. The Hall–Kier alpha value is -8.21. The van der Waals surface area contributed by atoms with Gasteiger partial charge in [-0.05, 0) is 166 Å². The van der Waals surface area contributed by atoms with Gasteiger partial charge in [0, 0.05) is 18.0 Å². The van der Waals surface area contributed by atoms with Crippen LogP contribution in [0.2, 0.25) is 0 Å². The van der Waals surface area contributed by atoms with Gasteiger partial charge in [0.2, 0.25) is 0 Å². The molecule has 61 heavy (non-hydrogen) atoms. The fourth-order valence-corrected chi connectivity index (χ4v) is 8.48. The van der Waals surface area contributed by atoms with E-state index in [1.165, 1.54) is 49.2 Å². The predicted molar refractivity (Wildman–Crippen MR) is 258 cm³/mol. The molecule has 0 aliphatic heterocycles. The van der Waals surface area contributed by atoms with Gasteiger partial charge >= 0.3 is 0 Å². The number of pyridine rings is 1. The average molecular weight is 779 g/mol. The highest BCUT2D eigenvalue weighted by molar-refractivity contribution is 6.62. The van der Waals surface area contributed by atoms with E-state index in [4.69, 9.17) is 5.10 Å². The second-order valence-electron chi connectivity index (χ2n) is 15.6. The van der Waals surface area contributed by atoms with Crippen LogP contribution in [0.5, 0.6) is 0 Å². The van der Waals surface area contributed by atoms with Crippen molar-refractivity contribution in [1.82, 2.24) is 4.98 Å². The van der Waals surface area contributed by atoms with Crippen molar-refractivity contribution in [1.29, 1.82) is 5.41 Å². The molecule has 4 nitrogen and oxygen atoms in total. The van der Waals surface area contributed by atoms with Crippen molar-refractivity contribution in [2.45, 2.75) is 0 Å². The Morgan fingerprint density at radius 2 is 0.754 bits per heavy atom. The lowest BCUT2D eigenvalue weighted by Gasteiger charge is -2.19. The highest BCUT2D eigenvalue weighted by atomic mass is 15.3. The largest absolute Gasteiger partial charge is 0.299 e. The van der Waals surface area contributed by atoms with E-state index in [-0.39, 0.29) is 0 Å². The molecule has 286 valence electrons. The summed E-state index contributed by atoms with van der Waals surface area (Å²) in [7, 11) is 0. The summed E-state index contributed by atoms with van der Waals surface area (Å²) in [6, 6.07) is 68.9. The molecule has 9 aromatic carbocycles. The van der Waals surface area contributed by atoms with Gasteiger partial charge in [-0.3, -0.25) is 15.8 Å². The molecule has 10 aromatic rings. The zero-order valence-corrected chi connectivity index (χ0v) is 33.2. The third kappa shape index (κ3) is 7.07. The molecule has 0 spiro atoms. The quantitative estimate of drug-likeness (QED) is 0.125. The Morgan fingerprint density at radius 3 is 1.30 bits per heavy atom. The monoisotopic (exact) mass is 778 g/mol. The Bertz CT molecular complexity index is 3450. The van der Waals surface area contributed by atoms with Crippen molar-refractivity contribution in [3.05, 3.63) is 230 Å². The Morgan fingerprint density at radius 1 is 0.361 bits per heavy atom. The molecular weight excluding hydrogens is 741 g/mol. The smallest absolute Gasteiger partial charge is 0.116 e. The van der Waals surface area contributed by atoms with E-state index in [2.05, 4.69) is 186 Å². The minimum Gasteiger partial charge on any atom is -0.299 e. The maximum atomic E-state index is 9.41. The van der Waals surface area contributed by atoms with Crippen LogP contribution in [-0.2, 0) is 0 Å². The molecule has 0 saturated heterocycles. The minimum atomic E-state index is 0.340. The van der Waals surface area contributed by atoms with E-state index in [9.17, 15) is 5.41 Å². The van der Waals surface area contributed by atoms with Gasteiger partial charge < -0.3 is 0 Å². The zero-order valence-electron chi connectivity index (χ0n) is 33.2. The molecule has 0 amide bonds. The second-order valence-corrected chi connectivity index (χ2v) is 15.6. The molecule has 0 fully saturated rings. The predicted octanol–water partition coefficient (Wildman–Crippen LogP) is 14.7. The molecule has 0 bridgehead atoms. The fourth-order valence-electron chi connectivity index (χ4n) is 8.48. The maximum Gasteiger partial charge on any atom is 0.116 e. The summed E-state index contributed by atoms with van der Waals surface area (Å²) in [4.78, 5) is 4.15. The topological polar surface area (TPSA) is 61.1 Å². The van der Waals surface area contributed by atoms with Gasteiger partial charge in [-0.15, -0.1) is 0 Å². The van der Waals surface area contributed by atoms with Gasteiger partial charge in [0.15, 0.2) is 0 Å². The zero-order chi connectivity index (χ0) is 40.7. The third-order valence-electron chi connectivity index (χ3n) is 11.8. The van der Waals surface area contributed by atoms with Crippen molar-refractivity contribution in [2.75, 3.05) is 5.43 Å². The van der Waals surface area contributed by atoms with Crippen LogP contribution in [-0.4, -0.2) is 16.4 Å². The van der Waals surface area contributed by atoms with Crippen LogP contribution in [0.1, 0.15) is 11.1 Å². The molecule has 4 heteroatoms. The molecule has 1 aromatic heterocycles. The number of allylic oxidation sites excluding steroid dienone is 4. The molecular formula is C57H38N4. The normalized spacial score (nSPS) is 13.5. The van der Waals surface area contributed by atoms with Crippen LogP contribution in [0.25, 0.3) is 87.6 Å². The molecule has 1 aliphatic carbocycles. The summed E-state index contributed by atoms with van der Waals surface area (Å²) < 4.78 is 0. The first-order valence-corrected chi connectivity index (χ1v) is 20.5. The number of aromatic nitrogens is 1. The minimum absolute atomic E-state index is 0.340. The lowest BCUT2D eigenvalue weighted by atomic mass is 9.86. The highest BCUT2D eigenvalue weighted by Gasteiger charge is 2.21. The van der Waals surface area contributed by atoms with Gasteiger partial charge in [-0.1, -0.05) is 133 Å². The molecule has 0 radical (unpaired) electrons. The number of nitrogens with one attached hydrogen (secondary N) is 2. The van der Waals surface area contributed by atoms with E-state index in [1.807, 2.05) is 30.3 Å². The lowest BCUT2D eigenvalue weighted by Crippen LogP contribution is -2.19. The summed E-state index contributed by atoms with van der Waals surface area (Å²) in [5.74, 6) is 0. The number of anilines is 1. The van der Waals surface area contributed by atoms with Gasteiger partial charge in [-0.25, -0.2) is 0 Å². The fraction of sp³-hybridized carbons (Fsp3) is 0. The highest BCUT2D eigenvalue weighted by Crippen LogP contribution is 2.35. The summed E-state index contributed by atoms with van der Waals surface area (Å²) in [5.41, 5.74) is 15.9. The second kappa shape index (κ2) is 15.2. The number of fused-ring (bicyclic) bond motifs is 4. The number of nitrogens with zero attached hydrogens (tertiary/aromatic N) is 2. The Labute approximate surface area is 354 Å². The number of hydrogen-bond acceptors (Lipinski definition) is 4. The molecule has 11 rings (SSSR count). The van der Waals surface area contributed by atoms with E-state index in [0.29, 0.717) is 11.4 Å². The van der Waals surface area contributed by atoms with Gasteiger partial charge in [0.1, 0.15) is 5.71 Å². The average Bonchev–Trinajstić information content (AvgIpc) is 3.33. The number of hydrogen-bond donors (Lipinski definition) is 2. The lowest BCUT2D eigenvalue weighted by molar-refractivity contribution is 1.32. The number of benzene rings is 9. The first-order valence-electron chi connectivity index (χ1n) is 20.5. The summed E-state index contributed by atoms with van der Waals surface area (Å²) in [6.45, 7) is 0. The molecule has 1 heterocycles. The molecule has 0 unspecified atom stereocenters. The Kier molecular flexibility index (Phi) is 8.94. The van der Waals surface area contributed by atoms with E-state index in [0.717, 1.165) is 55.2 Å². The SMILES string of the molecule is N=C1C=C(c2ccc3cc(-c4ccc5ccccc5c4)ccc3c2)C=C(c2ccc3cc(-c4ccc5ccccc5c4)ccc3c2)/C1=N/Nc1ccc(-c2ccncc2)cc1.